The van der Waals surface area contributed by atoms with Crippen molar-refractivity contribution in [1.29, 1.82) is 0 Å². The van der Waals surface area contributed by atoms with Crippen molar-refractivity contribution in [3.05, 3.63) is 35.5 Å². The van der Waals surface area contributed by atoms with Crippen molar-refractivity contribution >= 4 is 29.1 Å². The van der Waals surface area contributed by atoms with E-state index >= 15 is 0 Å². The molecule has 19 heavy (non-hydrogen) atoms. The van der Waals surface area contributed by atoms with Crippen LogP contribution in [0.5, 0.6) is 0 Å². The molecule has 0 aliphatic rings. The van der Waals surface area contributed by atoms with Crippen LogP contribution in [0, 0.1) is 0 Å². The fourth-order valence-electron chi connectivity index (χ4n) is 1.46. The van der Waals surface area contributed by atoms with E-state index in [9.17, 15) is 0 Å². The molecule has 0 saturated carbocycles. The number of hydrogen-bond donors (Lipinski definition) is 2. The van der Waals surface area contributed by atoms with Gasteiger partial charge in [0.15, 0.2) is 5.82 Å². The lowest BCUT2D eigenvalue weighted by molar-refractivity contribution is 0.746. The summed E-state index contributed by atoms with van der Waals surface area (Å²) in [7, 11) is 0. The summed E-state index contributed by atoms with van der Waals surface area (Å²) in [6.07, 6.45) is 2.57. The van der Waals surface area contributed by atoms with Crippen molar-refractivity contribution in [2.24, 2.45) is 0 Å². The average molecular weight is 278 g/mol. The highest BCUT2D eigenvalue weighted by Gasteiger charge is 2.04. The fourth-order valence-corrected chi connectivity index (χ4v) is 1.65. The number of aromatic nitrogens is 3. The van der Waals surface area contributed by atoms with Gasteiger partial charge in [-0.15, -0.1) is 5.10 Å². The summed E-state index contributed by atoms with van der Waals surface area (Å²) in [4.78, 5) is 4.35. The van der Waals surface area contributed by atoms with Crippen LogP contribution in [0.4, 0.5) is 17.5 Å². The third-order valence-electron chi connectivity index (χ3n) is 2.64. The normalized spacial score (nSPS) is 11.9. The van der Waals surface area contributed by atoms with E-state index in [4.69, 9.17) is 11.6 Å². The summed E-state index contributed by atoms with van der Waals surface area (Å²) in [6.45, 7) is 4.17. The van der Waals surface area contributed by atoms with Crippen molar-refractivity contribution in [3.63, 3.8) is 0 Å². The second-order valence-corrected chi connectivity index (χ2v) is 4.69. The van der Waals surface area contributed by atoms with Crippen molar-refractivity contribution in [1.82, 2.24) is 15.2 Å². The lowest BCUT2D eigenvalue weighted by Gasteiger charge is -2.11. The predicted octanol–water partition coefficient (Wildman–Crippen LogP) is 3.48. The Morgan fingerprint density at radius 2 is 2.21 bits per heavy atom. The van der Waals surface area contributed by atoms with Gasteiger partial charge in [-0.1, -0.05) is 24.6 Å². The molecule has 100 valence electrons. The molecule has 0 saturated heterocycles. The molecule has 0 bridgehead atoms. The van der Waals surface area contributed by atoms with Gasteiger partial charge in [0, 0.05) is 16.8 Å². The zero-order valence-corrected chi connectivity index (χ0v) is 11.6. The Kier molecular flexibility index (Phi) is 4.52. The van der Waals surface area contributed by atoms with Gasteiger partial charge in [0.05, 0.1) is 6.20 Å². The second-order valence-electron chi connectivity index (χ2n) is 4.25. The van der Waals surface area contributed by atoms with E-state index in [1.165, 1.54) is 0 Å². The average Bonchev–Trinajstić information content (AvgIpc) is 2.39. The molecule has 2 aromatic rings. The summed E-state index contributed by atoms with van der Waals surface area (Å²) < 4.78 is 0. The largest absolute Gasteiger partial charge is 0.350 e. The third kappa shape index (κ3) is 4.06. The Morgan fingerprint density at radius 3 is 2.95 bits per heavy atom. The van der Waals surface area contributed by atoms with E-state index < -0.39 is 0 Å². The highest BCUT2D eigenvalue weighted by molar-refractivity contribution is 6.30. The molecule has 0 spiro atoms. The van der Waals surface area contributed by atoms with Crippen molar-refractivity contribution in [3.8, 4) is 0 Å². The number of nitrogens with zero attached hydrogens (tertiary/aromatic N) is 3. The molecule has 1 unspecified atom stereocenters. The number of rotatable bonds is 5. The Balaban J connectivity index is 2.10. The molecule has 1 heterocycles. The van der Waals surface area contributed by atoms with E-state index in [2.05, 4.69) is 39.7 Å². The number of hydrogen-bond acceptors (Lipinski definition) is 5. The van der Waals surface area contributed by atoms with Gasteiger partial charge < -0.3 is 10.6 Å². The van der Waals surface area contributed by atoms with Crippen LogP contribution >= 0.6 is 11.6 Å². The van der Waals surface area contributed by atoms with Crippen LogP contribution in [-0.4, -0.2) is 21.2 Å². The van der Waals surface area contributed by atoms with Gasteiger partial charge in [-0.25, -0.2) is 0 Å². The lowest BCUT2D eigenvalue weighted by Crippen LogP contribution is -2.16. The first-order chi connectivity index (χ1) is 9.17. The number of halogens is 1. The van der Waals surface area contributed by atoms with Crippen LogP contribution in [0.3, 0.4) is 0 Å². The second kappa shape index (κ2) is 6.33. The smallest absolute Gasteiger partial charge is 0.244 e. The summed E-state index contributed by atoms with van der Waals surface area (Å²) in [5, 5.41) is 14.9. The molecule has 1 aromatic carbocycles. The van der Waals surface area contributed by atoms with Gasteiger partial charge in [-0.05, 0) is 31.5 Å². The molecule has 5 nitrogen and oxygen atoms in total. The van der Waals surface area contributed by atoms with Gasteiger partial charge in [-0.2, -0.15) is 10.1 Å². The first kappa shape index (κ1) is 13.5. The molecule has 2 rings (SSSR count). The van der Waals surface area contributed by atoms with Crippen molar-refractivity contribution < 1.29 is 0 Å². The summed E-state index contributed by atoms with van der Waals surface area (Å²) >= 11 is 5.93. The van der Waals surface area contributed by atoms with Crippen LogP contribution < -0.4 is 10.6 Å². The fraction of sp³-hybridized carbons (Fsp3) is 0.308. The molecule has 0 radical (unpaired) electrons. The summed E-state index contributed by atoms with van der Waals surface area (Å²) in [5.74, 6) is 1.14. The number of anilines is 3. The maximum absolute atomic E-state index is 5.93. The molecule has 0 amide bonds. The first-order valence-corrected chi connectivity index (χ1v) is 6.54. The van der Waals surface area contributed by atoms with Crippen molar-refractivity contribution in [2.75, 3.05) is 10.6 Å². The van der Waals surface area contributed by atoms with E-state index in [0.717, 1.165) is 12.1 Å². The van der Waals surface area contributed by atoms with Gasteiger partial charge in [0.25, 0.3) is 0 Å². The van der Waals surface area contributed by atoms with Crippen LogP contribution in [0.25, 0.3) is 0 Å². The lowest BCUT2D eigenvalue weighted by atomic mass is 10.3. The van der Waals surface area contributed by atoms with E-state index in [-0.39, 0.29) is 0 Å². The molecule has 1 atom stereocenters. The SMILES string of the molecule is CCC(C)Nc1nncc(Nc2cccc(Cl)c2)n1. The Labute approximate surface area is 117 Å². The van der Waals surface area contributed by atoms with E-state index in [0.29, 0.717) is 22.8 Å². The summed E-state index contributed by atoms with van der Waals surface area (Å²) in [5.41, 5.74) is 0.863. The number of nitrogens with one attached hydrogen (secondary N) is 2. The van der Waals surface area contributed by atoms with Crippen LogP contribution in [0.2, 0.25) is 5.02 Å². The molecular formula is C13H16ClN5. The van der Waals surface area contributed by atoms with Crippen LogP contribution in [-0.2, 0) is 0 Å². The van der Waals surface area contributed by atoms with Crippen molar-refractivity contribution in [2.45, 2.75) is 26.3 Å². The van der Waals surface area contributed by atoms with Crippen LogP contribution in [0.1, 0.15) is 20.3 Å². The highest BCUT2D eigenvalue weighted by Crippen LogP contribution is 2.18. The molecule has 0 aliphatic carbocycles. The monoisotopic (exact) mass is 277 g/mol. The van der Waals surface area contributed by atoms with Crippen LogP contribution in [0.15, 0.2) is 30.5 Å². The summed E-state index contributed by atoms with van der Waals surface area (Å²) in [6, 6.07) is 7.74. The number of benzene rings is 1. The molecule has 0 aliphatic heterocycles. The highest BCUT2D eigenvalue weighted by atomic mass is 35.5. The molecular weight excluding hydrogens is 262 g/mol. The topological polar surface area (TPSA) is 62.7 Å². The minimum atomic E-state index is 0.309. The Hall–Kier alpha value is -1.88. The third-order valence-corrected chi connectivity index (χ3v) is 2.88. The van der Waals surface area contributed by atoms with E-state index in [1.807, 2.05) is 24.3 Å². The maximum Gasteiger partial charge on any atom is 0.244 e. The zero-order chi connectivity index (χ0) is 13.7. The molecule has 1 aromatic heterocycles. The van der Waals surface area contributed by atoms with Gasteiger partial charge >= 0.3 is 0 Å². The molecule has 2 N–H and O–H groups in total. The standard InChI is InChI=1S/C13H16ClN5/c1-3-9(2)16-13-18-12(8-15-19-13)17-11-6-4-5-10(14)7-11/h4-9H,3H2,1-2H3,(H2,16,17,18,19). The minimum Gasteiger partial charge on any atom is -0.350 e. The quantitative estimate of drug-likeness (QED) is 0.876. The van der Waals surface area contributed by atoms with Gasteiger partial charge in [-0.3, -0.25) is 0 Å². The Morgan fingerprint density at radius 1 is 1.37 bits per heavy atom. The van der Waals surface area contributed by atoms with E-state index in [1.54, 1.807) is 6.20 Å². The minimum absolute atomic E-state index is 0.309. The van der Waals surface area contributed by atoms with Gasteiger partial charge in [0.2, 0.25) is 5.95 Å². The molecule has 6 heteroatoms. The first-order valence-electron chi connectivity index (χ1n) is 6.16. The van der Waals surface area contributed by atoms with Gasteiger partial charge in [0.1, 0.15) is 0 Å². The zero-order valence-electron chi connectivity index (χ0n) is 10.9. The maximum atomic E-state index is 5.93. The Bertz CT molecular complexity index is 546. The molecule has 0 fully saturated rings. The predicted molar refractivity (Wildman–Crippen MR) is 77.9 cm³/mol.